The van der Waals surface area contributed by atoms with Crippen LogP contribution in [0.2, 0.25) is 0 Å². The van der Waals surface area contributed by atoms with Gasteiger partial charge >= 0.3 is 5.69 Å². The Balaban J connectivity index is 2.13. The van der Waals surface area contributed by atoms with E-state index >= 15 is 0 Å². The highest BCUT2D eigenvalue weighted by Gasteiger charge is 2.24. The zero-order chi connectivity index (χ0) is 15.4. The average Bonchev–Trinajstić information content (AvgIpc) is 3.11. The zero-order valence-electron chi connectivity index (χ0n) is 12.5. The average molecular weight is 299 g/mol. The van der Waals surface area contributed by atoms with Gasteiger partial charge < -0.3 is 10.5 Å². The van der Waals surface area contributed by atoms with Gasteiger partial charge in [-0.05, 0) is 25.5 Å². The third kappa shape index (κ3) is 1.69. The Hall–Kier alpha value is -2.41. The first-order chi connectivity index (χ1) is 10.6. The first-order valence-electron chi connectivity index (χ1n) is 7.29. The summed E-state index contributed by atoms with van der Waals surface area (Å²) in [6.07, 6.45) is 0.847. The van der Waals surface area contributed by atoms with Gasteiger partial charge in [0.1, 0.15) is 0 Å². The summed E-state index contributed by atoms with van der Waals surface area (Å²) in [5.74, 6) is 0.382. The maximum Gasteiger partial charge on any atom is 0.329 e. The van der Waals surface area contributed by atoms with Crippen LogP contribution >= 0.6 is 0 Å². The minimum atomic E-state index is -0.0297. The van der Waals surface area contributed by atoms with Crippen molar-refractivity contribution in [1.82, 2.24) is 19.3 Å². The Bertz CT molecular complexity index is 950. The summed E-state index contributed by atoms with van der Waals surface area (Å²) < 4.78 is 8.93. The van der Waals surface area contributed by atoms with Crippen LogP contribution in [0.4, 0.5) is 5.82 Å². The lowest BCUT2D eigenvalue weighted by atomic mass is 10.1. The van der Waals surface area contributed by atoms with E-state index in [2.05, 4.69) is 10.2 Å². The Labute approximate surface area is 126 Å². The highest BCUT2D eigenvalue weighted by molar-refractivity contribution is 6.01. The monoisotopic (exact) mass is 299 g/mol. The van der Waals surface area contributed by atoms with Crippen molar-refractivity contribution in [2.45, 2.75) is 19.4 Å². The second-order valence-corrected chi connectivity index (χ2v) is 5.79. The van der Waals surface area contributed by atoms with E-state index in [1.165, 1.54) is 0 Å². The van der Waals surface area contributed by atoms with Gasteiger partial charge in [0.05, 0.1) is 29.4 Å². The number of hydrogen-bond donors (Lipinski definition) is 1. The lowest BCUT2D eigenvalue weighted by Crippen LogP contribution is -2.26. The smallest absolute Gasteiger partial charge is 0.329 e. The molecule has 1 unspecified atom stereocenters. The number of anilines is 1. The highest BCUT2D eigenvalue weighted by atomic mass is 16.5. The molecule has 7 nitrogen and oxygen atoms in total. The van der Waals surface area contributed by atoms with E-state index in [4.69, 9.17) is 10.5 Å². The first kappa shape index (κ1) is 13.3. The van der Waals surface area contributed by atoms with Gasteiger partial charge in [0.15, 0.2) is 5.82 Å². The van der Waals surface area contributed by atoms with Crippen molar-refractivity contribution < 1.29 is 4.74 Å². The molecule has 0 aliphatic carbocycles. The predicted octanol–water partition coefficient (Wildman–Crippen LogP) is 1.14. The molecule has 3 heterocycles. The number of aryl methyl sites for hydroxylation is 2. The van der Waals surface area contributed by atoms with E-state index in [9.17, 15) is 4.79 Å². The number of fused-ring (bicyclic) bond motifs is 2. The number of benzene rings is 1. The van der Waals surface area contributed by atoms with Gasteiger partial charge in [-0.1, -0.05) is 0 Å². The Morgan fingerprint density at radius 2 is 2.05 bits per heavy atom. The van der Waals surface area contributed by atoms with Crippen molar-refractivity contribution >= 4 is 27.6 Å². The summed E-state index contributed by atoms with van der Waals surface area (Å²) in [4.78, 5) is 12.6. The number of imidazole rings is 1. The second kappa shape index (κ2) is 4.54. The molecule has 0 bridgehead atoms. The van der Waals surface area contributed by atoms with Crippen LogP contribution in [0.15, 0.2) is 16.9 Å². The summed E-state index contributed by atoms with van der Waals surface area (Å²) in [5, 5.41) is 9.80. The molecule has 3 aromatic rings. The minimum absolute atomic E-state index is 0.0297. The van der Waals surface area contributed by atoms with Crippen molar-refractivity contribution in [3.05, 3.63) is 28.3 Å². The predicted molar refractivity (Wildman–Crippen MR) is 83.9 cm³/mol. The molecule has 0 amide bonds. The van der Waals surface area contributed by atoms with Gasteiger partial charge in [0, 0.05) is 24.4 Å². The number of nitrogen functional groups attached to an aromatic ring is 1. The maximum atomic E-state index is 12.6. The van der Waals surface area contributed by atoms with Crippen LogP contribution in [-0.4, -0.2) is 32.5 Å². The number of rotatable bonds is 1. The molecule has 0 spiro atoms. The molecule has 2 N–H and O–H groups in total. The molecule has 1 aliphatic rings. The van der Waals surface area contributed by atoms with E-state index < -0.39 is 0 Å². The topological polar surface area (TPSA) is 88.0 Å². The molecule has 7 heteroatoms. The first-order valence-corrected chi connectivity index (χ1v) is 7.29. The van der Waals surface area contributed by atoms with Gasteiger partial charge in [0.2, 0.25) is 0 Å². The van der Waals surface area contributed by atoms with Crippen molar-refractivity contribution in [2.24, 2.45) is 7.05 Å². The van der Waals surface area contributed by atoms with Crippen molar-refractivity contribution in [3.8, 4) is 0 Å². The lowest BCUT2D eigenvalue weighted by molar-refractivity contribution is 0.186. The van der Waals surface area contributed by atoms with Crippen LogP contribution in [0.25, 0.3) is 21.8 Å². The SMILES string of the molecule is Cc1nnc(N)c2cc3c(cc12)n(C)c(=O)n3C1CCOC1. The van der Waals surface area contributed by atoms with E-state index in [0.717, 1.165) is 33.9 Å². The van der Waals surface area contributed by atoms with Gasteiger partial charge in [0.25, 0.3) is 0 Å². The summed E-state index contributed by atoms with van der Waals surface area (Å²) >= 11 is 0. The van der Waals surface area contributed by atoms with E-state index in [-0.39, 0.29) is 11.7 Å². The molecule has 114 valence electrons. The molecule has 1 saturated heterocycles. The van der Waals surface area contributed by atoms with Gasteiger partial charge in [-0.3, -0.25) is 9.13 Å². The molecule has 1 fully saturated rings. The fourth-order valence-corrected chi connectivity index (χ4v) is 3.23. The van der Waals surface area contributed by atoms with Crippen molar-refractivity contribution in [3.63, 3.8) is 0 Å². The minimum Gasteiger partial charge on any atom is -0.382 e. The number of nitrogens with two attached hydrogens (primary N) is 1. The Morgan fingerprint density at radius 1 is 1.27 bits per heavy atom. The summed E-state index contributed by atoms with van der Waals surface area (Å²) in [6.45, 7) is 3.15. The highest BCUT2D eigenvalue weighted by Crippen LogP contribution is 2.29. The van der Waals surface area contributed by atoms with Crippen molar-refractivity contribution in [2.75, 3.05) is 18.9 Å². The molecular formula is C15H17N5O2. The Kier molecular flexibility index (Phi) is 2.74. The summed E-state index contributed by atoms with van der Waals surface area (Å²) in [7, 11) is 1.79. The van der Waals surface area contributed by atoms with Crippen molar-refractivity contribution in [1.29, 1.82) is 0 Å². The van der Waals surface area contributed by atoms with Crippen LogP contribution in [0, 0.1) is 6.92 Å². The maximum absolute atomic E-state index is 12.6. The number of ether oxygens (including phenoxy) is 1. The fraction of sp³-hybridized carbons (Fsp3) is 0.400. The zero-order valence-corrected chi connectivity index (χ0v) is 12.5. The molecular weight excluding hydrogens is 282 g/mol. The second-order valence-electron chi connectivity index (χ2n) is 5.79. The van der Waals surface area contributed by atoms with Gasteiger partial charge in [-0.2, -0.15) is 5.10 Å². The molecule has 1 aliphatic heterocycles. The van der Waals surface area contributed by atoms with Gasteiger partial charge in [-0.25, -0.2) is 4.79 Å². The Morgan fingerprint density at radius 3 is 2.77 bits per heavy atom. The van der Waals surface area contributed by atoms with Crippen LogP contribution in [0.3, 0.4) is 0 Å². The quantitative estimate of drug-likeness (QED) is 0.728. The molecule has 4 rings (SSSR count). The molecule has 0 radical (unpaired) electrons. The lowest BCUT2D eigenvalue weighted by Gasteiger charge is -2.10. The molecule has 2 aromatic heterocycles. The third-order valence-electron chi connectivity index (χ3n) is 4.47. The van der Waals surface area contributed by atoms with E-state index in [1.807, 2.05) is 23.6 Å². The van der Waals surface area contributed by atoms with E-state index in [0.29, 0.717) is 19.0 Å². The van der Waals surface area contributed by atoms with Crippen LogP contribution < -0.4 is 11.4 Å². The molecule has 0 saturated carbocycles. The number of hydrogen-bond acceptors (Lipinski definition) is 5. The molecule has 22 heavy (non-hydrogen) atoms. The molecule has 1 aromatic carbocycles. The van der Waals surface area contributed by atoms with Crippen LogP contribution in [-0.2, 0) is 11.8 Å². The third-order valence-corrected chi connectivity index (χ3v) is 4.47. The summed E-state index contributed by atoms with van der Waals surface area (Å²) in [6, 6.07) is 3.99. The normalized spacial score (nSPS) is 18.5. The van der Waals surface area contributed by atoms with Gasteiger partial charge in [-0.15, -0.1) is 5.10 Å². The standard InChI is InChI=1S/C15H17N5O2/c1-8-10-5-12-13(6-11(10)14(16)18-17-8)20(15(21)19(12)2)9-3-4-22-7-9/h5-6,9H,3-4,7H2,1-2H3,(H2,16,18). The molecule has 1 atom stereocenters. The van der Waals surface area contributed by atoms with E-state index in [1.54, 1.807) is 11.6 Å². The number of nitrogens with zero attached hydrogens (tertiary/aromatic N) is 4. The van der Waals surface area contributed by atoms with Crippen LogP contribution in [0.5, 0.6) is 0 Å². The summed E-state index contributed by atoms with van der Waals surface area (Å²) in [5.41, 5.74) is 8.49. The number of aromatic nitrogens is 4. The van der Waals surface area contributed by atoms with Crippen LogP contribution in [0.1, 0.15) is 18.2 Å². The fourth-order valence-electron chi connectivity index (χ4n) is 3.23. The largest absolute Gasteiger partial charge is 0.382 e.